The summed E-state index contributed by atoms with van der Waals surface area (Å²) in [4.78, 5) is 23.4. The molecule has 0 spiro atoms. The predicted octanol–water partition coefficient (Wildman–Crippen LogP) is 4.20. The van der Waals surface area contributed by atoms with Crippen molar-refractivity contribution in [3.63, 3.8) is 0 Å². The molecule has 0 heterocycles. The van der Waals surface area contributed by atoms with Gasteiger partial charge in [0.15, 0.2) is 9.84 Å². The van der Waals surface area contributed by atoms with E-state index in [1.807, 2.05) is 20.8 Å². The first-order valence-electron chi connectivity index (χ1n) is 9.30. The van der Waals surface area contributed by atoms with Crippen LogP contribution in [0.2, 0.25) is 0 Å². The van der Waals surface area contributed by atoms with Gasteiger partial charge in [-0.3, -0.25) is 9.59 Å². The largest absolute Gasteiger partial charge is 0.465 e. The van der Waals surface area contributed by atoms with Gasteiger partial charge in [-0.2, -0.15) is 0 Å². The van der Waals surface area contributed by atoms with E-state index in [2.05, 4.69) is 6.08 Å². The lowest BCUT2D eigenvalue weighted by Crippen LogP contribution is -2.24. The van der Waals surface area contributed by atoms with Gasteiger partial charge in [0.1, 0.15) is 11.7 Å². The second-order valence-corrected chi connectivity index (χ2v) is 9.24. The zero-order chi connectivity index (χ0) is 21.0. The van der Waals surface area contributed by atoms with Crippen LogP contribution in [0, 0.1) is 5.92 Å². The van der Waals surface area contributed by atoms with E-state index in [1.54, 1.807) is 26.0 Å². The molecule has 1 unspecified atom stereocenters. The molecule has 154 valence electrons. The Bertz CT molecular complexity index is 692. The van der Waals surface area contributed by atoms with Crippen molar-refractivity contribution in [1.29, 1.82) is 0 Å². The lowest BCUT2D eigenvalue weighted by Gasteiger charge is -2.11. The summed E-state index contributed by atoms with van der Waals surface area (Å²) in [5, 5.41) is 0. The van der Waals surface area contributed by atoms with Crippen molar-refractivity contribution in [1.82, 2.24) is 0 Å². The van der Waals surface area contributed by atoms with Crippen molar-refractivity contribution in [2.45, 2.75) is 60.8 Å². The third-order valence-electron chi connectivity index (χ3n) is 3.99. The van der Waals surface area contributed by atoms with Crippen LogP contribution in [0.4, 0.5) is 0 Å². The molecule has 0 aliphatic carbocycles. The zero-order valence-electron chi connectivity index (χ0n) is 17.5. The van der Waals surface area contributed by atoms with Crippen LogP contribution in [-0.4, -0.2) is 38.3 Å². The molecule has 1 atom stereocenters. The molecule has 0 fully saturated rings. The number of ketones is 1. The third kappa shape index (κ3) is 12.3. The second kappa shape index (κ2) is 12.7. The molecule has 0 amide bonds. The van der Waals surface area contributed by atoms with Crippen LogP contribution in [0.3, 0.4) is 0 Å². The minimum atomic E-state index is -3.28. The quantitative estimate of drug-likeness (QED) is 0.280. The lowest BCUT2D eigenvalue weighted by molar-refractivity contribution is -0.150. The highest BCUT2D eigenvalue weighted by molar-refractivity contribution is 7.91. The highest BCUT2D eigenvalue weighted by Gasteiger charge is 2.23. The van der Waals surface area contributed by atoms with Crippen LogP contribution in [-0.2, 0) is 24.2 Å². The highest BCUT2D eigenvalue weighted by Crippen LogP contribution is 2.13. The van der Waals surface area contributed by atoms with Crippen LogP contribution < -0.4 is 0 Å². The Morgan fingerprint density at radius 2 is 1.59 bits per heavy atom. The van der Waals surface area contributed by atoms with E-state index < -0.39 is 21.7 Å². The van der Waals surface area contributed by atoms with Gasteiger partial charge in [-0.1, -0.05) is 34.9 Å². The Morgan fingerprint density at radius 3 is 2.11 bits per heavy atom. The van der Waals surface area contributed by atoms with Crippen LogP contribution in [0.5, 0.6) is 0 Å². The molecular formula is C21H34O5S. The molecule has 0 rings (SSSR count). The van der Waals surface area contributed by atoms with Crippen LogP contribution in [0.15, 0.2) is 34.9 Å². The smallest absolute Gasteiger partial charge is 0.316 e. The standard InChI is InChI=1S/C21H34O5S/c1-7-26-21(23)20(19(6)22)12-11-18(5)15-27(24,25)14-13-17(4)10-8-9-16(2)3/h9,11,13,20H,7-8,10,12,14-15H2,1-6H3. The van der Waals surface area contributed by atoms with Gasteiger partial charge in [0.25, 0.3) is 0 Å². The topological polar surface area (TPSA) is 77.5 Å². The molecule has 5 nitrogen and oxygen atoms in total. The average Bonchev–Trinajstić information content (AvgIpc) is 2.52. The summed E-state index contributed by atoms with van der Waals surface area (Å²) < 4.78 is 29.5. The van der Waals surface area contributed by atoms with E-state index in [1.165, 1.54) is 12.5 Å². The minimum Gasteiger partial charge on any atom is -0.465 e. The molecule has 0 aromatic rings. The number of hydrogen-bond donors (Lipinski definition) is 0. The normalized spacial score (nSPS) is 13.9. The number of carbonyl (C=O) groups excluding carboxylic acids is 2. The van der Waals surface area contributed by atoms with Crippen molar-refractivity contribution in [3.05, 3.63) is 34.9 Å². The number of hydrogen-bond acceptors (Lipinski definition) is 5. The molecular weight excluding hydrogens is 364 g/mol. The van der Waals surface area contributed by atoms with Gasteiger partial charge in [0, 0.05) is 0 Å². The lowest BCUT2D eigenvalue weighted by atomic mass is 10.00. The molecule has 27 heavy (non-hydrogen) atoms. The van der Waals surface area contributed by atoms with Gasteiger partial charge >= 0.3 is 5.97 Å². The molecule has 0 aromatic carbocycles. The summed E-state index contributed by atoms with van der Waals surface area (Å²) >= 11 is 0. The Kier molecular flexibility index (Phi) is 11.9. The number of carbonyl (C=O) groups is 2. The molecule has 0 radical (unpaired) electrons. The van der Waals surface area contributed by atoms with Gasteiger partial charge in [0.05, 0.1) is 18.1 Å². The van der Waals surface area contributed by atoms with Crippen LogP contribution >= 0.6 is 0 Å². The maximum Gasteiger partial charge on any atom is 0.316 e. The van der Waals surface area contributed by atoms with E-state index in [0.717, 1.165) is 18.4 Å². The third-order valence-corrected chi connectivity index (χ3v) is 5.56. The SMILES string of the molecule is CCOC(=O)C(CC=C(C)CS(=O)(=O)CC=C(C)CCC=C(C)C)C(C)=O. The molecule has 0 aliphatic heterocycles. The minimum absolute atomic E-state index is 0.00710. The zero-order valence-corrected chi connectivity index (χ0v) is 18.3. The Balaban J connectivity index is 4.78. The summed E-state index contributed by atoms with van der Waals surface area (Å²) in [6, 6.07) is 0. The van der Waals surface area contributed by atoms with Gasteiger partial charge in [-0.05, 0) is 60.8 Å². The molecule has 0 saturated heterocycles. The maximum atomic E-state index is 12.3. The van der Waals surface area contributed by atoms with Crippen LogP contribution in [0.25, 0.3) is 0 Å². The first kappa shape index (κ1) is 25.3. The second-order valence-electron chi connectivity index (χ2n) is 7.13. The first-order valence-corrected chi connectivity index (χ1v) is 11.1. The van der Waals surface area contributed by atoms with Crippen molar-refractivity contribution in [3.8, 4) is 0 Å². The van der Waals surface area contributed by atoms with Crippen molar-refractivity contribution in [2.24, 2.45) is 5.92 Å². The summed E-state index contributed by atoms with van der Waals surface area (Å²) in [5.74, 6) is -1.81. The Labute approximate surface area is 164 Å². The first-order chi connectivity index (χ1) is 12.5. The Morgan fingerprint density at radius 1 is 0.963 bits per heavy atom. The summed E-state index contributed by atoms with van der Waals surface area (Å²) in [6.45, 7) is 10.9. The number of Topliss-reactive ketones (excluding diaryl/α,β-unsaturated/α-hetero) is 1. The van der Waals surface area contributed by atoms with E-state index in [-0.39, 0.29) is 30.3 Å². The summed E-state index contributed by atoms with van der Waals surface area (Å²) in [7, 11) is -3.28. The highest BCUT2D eigenvalue weighted by atomic mass is 32.2. The number of ether oxygens (including phenoxy) is 1. The van der Waals surface area contributed by atoms with Crippen molar-refractivity contribution < 1.29 is 22.7 Å². The van der Waals surface area contributed by atoms with E-state index in [9.17, 15) is 18.0 Å². The Hall–Kier alpha value is -1.69. The van der Waals surface area contributed by atoms with Gasteiger partial charge in [-0.25, -0.2) is 8.42 Å². The van der Waals surface area contributed by atoms with Gasteiger partial charge in [-0.15, -0.1) is 0 Å². The fourth-order valence-electron chi connectivity index (χ4n) is 2.41. The number of sulfone groups is 1. The number of esters is 1. The molecule has 0 N–H and O–H groups in total. The summed E-state index contributed by atoms with van der Waals surface area (Å²) in [6.07, 6.45) is 7.45. The predicted molar refractivity (Wildman–Crippen MR) is 110 cm³/mol. The van der Waals surface area contributed by atoms with E-state index >= 15 is 0 Å². The summed E-state index contributed by atoms with van der Waals surface area (Å²) in [5.41, 5.74) is 2.93. The maximum absolute atomic E-state index is 12.3. The molecule has 0 aromatic heterocycles. The number of rotatable bonds is 12. The molecule has 0 saturated carbocycles. The molecule has 0 bridgehead atoms. The molecule has 6 heteroatoms. The number of allylic oxidation sites excluding steroid dienone is 4. The van der Waals surface area contributed by atoms with Crippen molar-refractivity contribution >= 4 is 21.6 Å². The molecule has 0 aliphatic rings. The van der Waals surface area contributed by atoms with E-state index in [4.69, 9.17) is 4.74 Å². The fourth-order valence-corrected chi connectivity index (χ4v) is 3.88. The van der Waals surface area contributed by atoms with Gasteiger partial charge in [0.2, 0.25) is 0 Å². The average molecular weight is 399 g/mol. The van der Waals surface area contributed by atoms with Crippen LogP contribution in [0.1, 0.15) is 60.8 Å². The van der Waals surface area contributed by atoms with Crippen molar-refractivity contribution in [2.75, 3.05) is 18.1 Å². The van der Waals surface area contributed by atoms with Gasteiger partial charge < -0.3 is 4.74 Å². The monoisotopic (exact) mass is 398 g/mol. The van der Waals surface area contributed by atoms with E-state index in [0.29, 0.717) is 5.57 Å². The fraction of sp³-hybridized carbons (Fsp3) is 0.619.